The van der Waals surface area contributed by atoms with Gasteiger partial charge in [-0.3, -0.25) is 9.59 Å². The summed E-state index contributed by atoms with van der Waals surface area (Å²) >= 11 is 0. The van der Waals surface area contributed by atoms with Gasteiger partial charge >= 0.3 is 0 Å². The molecular formula is C46H54N4O2. The first kappa shape index (κ1) is 36.7. The first-order valence-electron chi connectivity index (χ1n) is 18.8. The highest BCUT2D eigenvalue weighted by Crippen LogP contribution is 2.40. The van der Waals surface area contributed by atoms with E-state index in [-0.39, 0.29) is 22.6 Å². The summed E-state index contributed by atoms with van der Waals surface area (Å²) in [5, 5.41) is 0. The van der Waals surface area contributed by atoms with Crippen LogP contribution < -0.4 is 19.6 Å². The van der Waals surface area contributed by atoms with Crippen LogP contribution in [0.3, 0.4) is 0 Å². The van der Waals surface area contributed by atoms with Gasteiger partial charge in [-0.15, -0.1) is 0 Å². The molecule has 6 rings (SSSR count). The number of para-hydroxylation sites is 2. The number of carbonyl (C=O) groups is 2. The van der Waals surface area contributed by atoms with Gasteiger partial charge in [0.15, 0.2) is 0 Å². The summed E-state index contributed by atoms with van der Waals surface area (Å²) in [6.07, 6.45) is 7.38. The topological polar surface area (TPSA) is 47.1 Å². The van der Waals surface area contributed by atoms with Crippen LogP contribution in [0.2, 0.25) is 0 Å². The Balaban J connectivity index is 1.22. The molecular weight excluding hydrogens is 641 g/mol. The third-order valence-corrected chi connectivity index (χ3v) is 10.8. The van der Waals surface area contributed by atoms with E-state index in [0.29, 0.717) is 13.1 Å². The smallest absolute Gasteiger partial charge is 0.256 e. The van der Waals surface area contributed by atoms with Crippen molar-refractivity contribution in [3.8, 4) is 0 Å². The minimum absolute atomic E-state index is 0.0364. The molecule has 0 aromatic heterocycles. The van der Waals surface area contributed by atoms with Crippen LogP contribution in [-0.4, -0.2) is 38.0 Å². The van der Waals surface area contributed by atoms with Crippen molar-refractivity contribution in [3.63, 3.8) is 0 Å². The Hall–Kier alpha value is -5.10. The maximum absolute atomic E-state index is 14.6. The Bertz CT molecular complexity index is 1750. The summed E-state index contributed by atoms with van der Waals surface area (Å²) in [6, 6.07) is 37.0. The second kappa shape index (κ2) is 15.6. The van der Waals surface area contributed by atoms with Gasteiger partial charge in [0, 0.05) is 72.5 Å². The Kier molecular flexibility index (Phi) is 11.0. The van der Waals surface area contributed by atoms with E-state index in [1.165, 1.54) is 11.1 Å². The van der Waals surface area contributed by atoms with Gasteiger partial charge in [0.25, 0.3) is 11.8 Å². The summed E-state index contributed by atoms with van der Waals surface area (Å²) in [5.41, 5.74) is 7.49. The van der Waals surface area contributed by atoms with Crippen LogP contribution in [0, 0.1) is 24.7 Å². The fourth-order valence-corrected chi connectivity index (χ4v) is 7.17. The summed E-state index contributed by atoms with van der Waals surface area (Å²) in [4.78, 5) is 37.5. The molecule has 4 aromatic carbocycles. The number of carbonyl (C=O) groups excluding carboxylic acids is 2. The Morgan fingerprint density at radius 1 is 0.538 bits per heavy atom. The Labute approximate surface area is 311 Å². The zero-order valence-electron chi connectivity index (χ0n) is 31.8. The van der Waals surface area contributed by atoms with Crippen molar-refractivity contribution in [2.45, 2.75) is 67.2 Å². The van der Waals surface area contributed by atoms with Crippen LogP contribution >= 0.6 is 0 Å². The van der Waals surface area contributed by atoms with Crippen LogP contribution in [0.25, 0.3) is 0 Å². The van der Waals surface area contributed by atoms with Gasteiger partial charge in [-0.25, -0.2) is 0 Å². The van der Waals surface area contributed by atoms with Gasteiger partial charge < -0.3 is 19.6 Å². The van der Waals surface area contributed by atoms with Crippen molar-refractivity contribution in [2.24, 2.45) is 10.8 Å². The number of aryl methyl sites for hydroxylation is 2. The van der Waals surface area contributed by atoms with Crippen LogP contribution in [0.1, 0.15) is 64.5 Å². The highest BCUT2D eigenvalue weighted by molar-refractivity contribution is 6.07. The molecule has 2 aliphatic rings. The lowest BCUT2D eigenvalue weighted by Gasteiger charge is -2.39. The van der Waals surface area contributed by atoms with E-state index in [1.807, 2.05) is 70.5 Å². The molecule has 2 heterocycles. The Morgan fingerprint density at radius 2 is 0.885 bits per heavy atom. The Morgan fingerprint density at radius 3 is 1.23 bits per heavy atom. The quantitative estimate of drug-likeness (QED) is 0.147. The number of rotatable bonds is 11. The molecule has 52 heavy (non-hydrogen) atoms. The number of unbranched alkanes of at least 4 members (excludes halogenated alkanes) is 1. The number of nitrogens with zero attached hydrogens (tertiary/aromatic N) is 4. The van der Waals surface area contributed by atoms with Crippen molar-refractivity contribution < 1.29 is 9.59 Å². The number of amides is 2. The first-order chi connectivity index (χ1) is 24.9. The zero-order chi connectivity index (χ0) is 36.9. The summed E-state index contributed by atoms with van der Waals surface area (Å²) in [6.45, 7) is 15.7. The average Bonchev–Trinajstić information content (AvgIpc) is 3.14. The number of anilines is 4. The lowest BCUT2D eigenvalue weighted by molar-refractivity contribution is -0.117. The number of hydrogen-bond acceptors (Lipinski definition) is 4. The molecule has 0 unspecified atom stereocenters. The maximum atomic E-state index is 14.6. The van der Waals surface area contributed by atoms with Gasteiger partial charge in [-0.1, -0.05) is 99.5 Å². The van der Waals surface area contributed by atoms with E-state index in [2.05, 4.69) is 112 Å². The van der Waals surface area contributed by atoms with Gasteiger partial charge in [0.05, 0.1) is 0 Å². The predicted octanol–water partition coefficient (Wildman–Crippen LogP) is 10.1. The van der Waals surface area contributed by atoms with E-state index in [4.69, 9.17) is 0 Å². The lowest BCUT2D eigenvalue weighted by atomic mass is 9.78. The molecule has 6 nitrogen and oxygen atoms in total. The molecule has 0 spiro atoms. The fourth-order valence-electron chi connectivity index (χ4n) is 7.17. The van der Waals surface area contributed by atoms with Gasteiger partial charge in [-0.2, -0.15) is 0 Å². The summed E-state index contributed by atoms with van der Waals surface area (Å²) in [7, 11) is 0. The van der Waals surface area contributed by atoms with E-state index < -0.39 is 0 Å². The molecule has 0 fully saturated rings. The van der Waals surface area contributed by atoms with Gasteiger partial charge in [-0.05, 0) is 98.9 Å². The van der Waals surface area contributed by atoms with E-state index in [1.54, 1.807) is 0 Å². The highest BCUT2D eigenvalue weighted by atomic mass is 16.2. The SMILES string of the molecule is Cc1ccc(N2C=C(C(=O)N(CCCCN(C(=O)C3=CN(c4ccc(C)cc4)CCC3(C)C)c3ccccc3)c3ccccc3)C(C)(C)CC2)cc1. The highest BCUT2D eigenvalue weighted by Gasteiger charge is 2.37. The minimum Gasteiger partial charge on any atom is -0.347 e. The number of hydrogen-bond donors (Lipinski definition) is 0. The maximum Gasteiger partial charge on any atom is 0.256 e. The van der Waals surface area contributed by atoms with Crippen LogP contribution in [0.15, 0.2) is 133 Å². The molecule has 2 amide bonds. The average molecular weight is 695 g/mol. The van der Waals surface area contributed by atoms with E-state index in [9.17, 15) is 9.59 Å². The standard InChI is InChI=1S/C46H54N4O2/c1-35-19-23-37(24-20-35)47-31-27-45(3,4)41(33-47)43(51)49(39-15-9-7-10-16-39)29-13-14-30-50(40-17-11-8-12-18-40)44(52)42-34-48(32-28-46(42,5)6)38-25-21-36(2)22-26-38/h7-12,15-26,33-34H,13-14,27-32H2,1-6H3. The van der Waals surface area contributed by atoms with Crippen molar-refractivity contribution >= 4 is 34.6 Å². The predicted molar refractivity (Wildman–Crippen MR) is 217 cm³/mol. The van der Waals surface area contributed by atoms with Crippen LogP contribution in [0.4, 0.5) is 22.7 Å². The van der Waals surface area contributed by atoms with E-state index in [0.717, 1.165) is 72.7 Å². The summed E-state index contributed by atoms with van der Waals surface area (Å²) in [5.74, 6) is 0.0728. The molecule has 4 aromatic rings. The molecule has 0 bridgehead atoms. The molecule has 0 radical (unpaired) electrons. The van der Waals surface area contributed by atoms with E-state index >= 15 is 0 Å². The fraction of sp³-hybridized carbons (Fsp3) is 0.348. The lowest BCUT2D eigenvalue weighted by Crippen LogP contribution is -2.43. The second-order valence-corrected chi connectivity index (χ2v) is 15.7. The monoisotopic (exact) mass is 694 g/mol. The molecule has 0 aliphatic carbocycles. The van der Waals surface area contributed by atoms with Gasteiger partial charge in [0.1, 0.15) is 0 Å². The van der Waals surface area contributed by atoms with Crippen LogP contribution in [-0.2, 0) is 9.59 Å². The largest absolute Gasteiger partial charge is 0.347 e. The van der Waals surface area contributed by atoms with Crippen molar-refractivity contribution in [3.05, 3.63) is 144 Å². The second-order valence-electron chi connectivity index (χ2n) is 15.7. The molecule has 0 atom stereocenters. The minimum atomic E-state index is -0.269. The zero-order valence-corrected chi connectivity index (χ0v) is 31.8. The number of benzene rings is 4. The normalized spacial score (nSPS) is 16.5. The molecule has 0 N–H and O–H groups in total. The summed E-state index contributed by atoms with van der Waals surface area (Å²) < 4.78 is 0. The van der Waals surface area contributed by atoms with Crippen molar-refractivity contribution in [1.29, 1.82) is 0 Å². The molecule has 270 valence electrons. The van der Waals surface area contributed by atoms with Gasteiger partial charge in [0.2, 0.25) is 0 Å². The third kappa shape index (κ3) is 8.33. The molecule has 6 heteroatoms. The molecule has 0 saturated carbocycles. The first-order valence-corrected chi connectivity index (χ1v) is 18.8. The third-order valence-electron chi connectivity index (χ3n) is 10.8. The molecule has 2 aliphatic heterocycles. The van der Waals surface area contributed by atoms with Crippen molar-refractivity contribution in [1.82, 2.24) is 0 Å². The van der Waals surface area contributed by atoms with Crippen molar-refractivity contribution in [2.75, 3.05) is 45.8 Å². The molecule has 0 saturated heterocycles. The van der Waals surface area contributed by atoms with Crippen LogP contribution in [0.5, 0.6) is 0 Å².